The van der Waals surface area contributed by atoms with E-state index in [-0.39, 0.29) is 23.0 Å². The minimum Gasteiger partial charge on any atom is -0.508 e. The lowest BCUT2D eigenvalue weighted by molar-refractivity contribution is -0.384. The smallest absolute Gasteiger partial charge is 0.288 e. The number of nitro benzene ring substituents is 1. The van der Waals surface area contributed by atoms with E-state index in [1.807, 2.05) is 0 Å². The van der Waals surface area contributed by atoms with Crippen LogP contribution in [0.2, 0.25) is 10.0 Å². The lowest BCUT2D eigenvalue weighted by Crippen LogP contribution is -2.01. The molecule has 0 radical (unpaired) electrons. The van der Waals surface area contributed by atoms with Gasteiger partial charge in [0.25, 0.3) is 5.69 Å². The number of nitro groups is 1. The largest absolute Gasteiger partial charge is 0.508 e. The zero-order valence-electron chi connectivity index (χ0n) is 10.1. The van der Waals surface area contributed by atoms with Crippen molar-refractivity contribution in [3.63, 3.8) is 0 Å². The van der Waals surface area contributed by atoms with Gasteiger partial charge in [0, 0.05) is 28.9 Å². The van der Waals surface area contributed by atoms with E-state index in [0.717, 1.165) is 0 Å². The second-order valence-electron chi connectivity index (χ2n) is 4.01. The van der Waals surface area contributed by atoms with Gasteiger partial charge in [-0.1, -0.05) is 29.3 Å². The summed E-state index contributed by atoms with van der Waals surface area (Å²) >= 11 is 11.8. The van der Waals surface area contributed by atoms with Crippen LogP contribution in [0.4, 0.5) is 11.4 Å². The maximum atomic E-state index is 10.7. The van der Waals surface area contributed by atoms with Crippen molar-refractivity contribution < 1.29 is 10.0 Å². The highest BCUT2D eigenvalue weighted by atomic mass is 35.5. The number of hydrogen-bond donors (Lipinski definition) is 2. The Morgan fingerprint density at radius 3 is 2.55 bits per heavy atom. The van der Waals surface area contributed by atoms with E-state index in [1.54, 1.807) is 12.1 Å². The third-order valence-electron chi connectivity index (χ3n) is 2.71. The Labute approximate surface area is 124 Å². The van der Waals surface area contributed by atoms with E-state index in [2.05, 4.69) is 5.32 Å². The third-order valence-corrected chi connectivity index (χ3v) is 3.36. The molecule has 7 heteroatoms. The van der Waals surface area contributed by atoms with Crippen LogP contribution in [0.3, 0.4) is 0 Å². The molecular formula is C13H10Cl2N2O3. The lowest BCUT2D eigenvalue weighted by atomic mass is 10.2. The highest BCUT2D eigenvalue weighted by molar-refractivity contribution is 6.33. The van der Waals surface area contributed by atoms with Gasteiger partial charge in [-0.2, -0.15) is 0 Å². The standard InChI is InChI=1S/C13H10Cl2N2O3/c14-10-2-1-3-13(18)9(10)7-16-8-4-5-12(17(19)20)11(15)6-8/h1-6,16,18H,7H2. The zero-order valence-corrected chi connectivity index (χ0v) is 11.6. The van der Waals surface area contributed by atoms with Crippen molar-refractivity contribution in [2.75, 3.05) is 5.32 Å². The molecule has 2 rings (SSSR count). The van der Waals surface area contributed by atoms with E-state index in [1.165, 1.54) is 24.3 Å². The van der Waals surface area contributed by atoms with Crippen molar-refractivity contribution in [3.8, 4) is 5.75 Å². The fraction of sp³-hybridized carbons (Fsp3) is 0.0769. The van der Waals surface area contributed by atoms with Crippen LogP contribution in [0.5, 0.6) is 5.75 Å². The Morgan fingerprint density at radius 2 is 1.95 bits per heavy atom. The molecule has 2 aromatic carbocycles. The molecule has 2 aromatic rings. The molecule has 0 aliphatic heterocycles. The van der Waals surface area contributed by atoms with E-state index in [4.69, 9.17) is 23.2 Å². The molecule has 0 fully saturated rings. The Morgan fingerprint density at radius 1 is 1.20 bits per heavy atom. The van der Waals surface area contributed by atoms with Gasteiger partial charge < -0.3 is 10.4 Å². The minimum absolute atomic E-state index is 0.0448. The number of phenolic OH excluding ortho intramolecular Hbond substituents is 1. The van der Waals surface area contributed by atoms with Crippen molar-refractivity contribution in [1.82, 2.24) is 0 Å². The number of halogens is 2. The highest BCUT2D eigenvalue weighted by Crippen LogP contribution is 2.29. The molecule has 0 aromatic heterocycles. The monoisotopic (exact) mass is 312 g/mol. The molecule has 0 heterocycles. The normalized spacial score (nSPS) is 10.3. The summed E-state index contributed by atoms with van der Waals surface area (Å²) in [4.78, 5) is 10.1. The number of rotatable bonds is 4. The molecule has 0 aliphatic rings. The summed E-state index contributed by atoms with van der Waals surface area (Å²) in [5, 5.41) is 23.8. The Hall–Kier alpha value is -1.98. The van der Waals surface area contributed by atoms with Crippen LogP contribution in [0.15, 0.2) is 36.4 Å². The fourth-order valence-corrected chi connectivity index (χ4v) is 2.16. The summed E-state index contributed by atoms with van der Waals surface area (Å²) in [6.07, 6.45) is 0. The van der Waals surface area contributed by atoms with Gasteiger partial charge in [0.1, 0.15) is 10.8 Å². The molecule has 2 N–H and O–H groups in total. The Balaban J connectivity index is 2.16. The summed E-state index contributed by atoms with van der Waals surface area (Å²) in [6.45, 7) is 0.277. The average Bonchev–Trinajstić information content (AvgIpc) is 2.37. The van der Waals surface area contributed by atoms with Gasteiger partial charge in [-0.25, -0.2) is 0 Å². The van der Waals surface area contributed by atoms with Crippen LogP contribution >= 0.6 is 23.2 Å². The molecule has 0 amide bonds. The number of nitrogens with one attached hydrogen (secondary N) is 1. The van der Waals surface area contributed by atoms with E-state index < -0.39 is 4.92 Å². The predicted octanol–water partition coefficient (Wildman–Crippen LogP) is 4.22. The molecule has 0 spiro atoms. The van der Waals surface area contributed by atoms with Crippen LogP contribution in [-0.4, -0.2) is 10.0 Å². The first-order valence-electron chi connectivity index (χ1n) is 5.63. The molecule has 5 nitrogen and oxygen atoms in total. The zero-order chi connectivity index (χ0) is 14.7. The molecule has 0 unspecified atom stereocenters. The summed E-state index contributed by atoms with van der Waals surface area (Å²) in [5.41, 5.74) is 0.987. The van der Waals surface area contributed by atoms with Gasteiger partial charge in [0.2, 0.25) is 0 Å². The third kappa shape index (κ3) is 3.12. The van der Waals surface area contributed by atoms with Crippen LogP contribution < -0.4 is 5.32 Å². The number of nitrogens with zero attached hydrogens (tertiary/aromatic N) is 1. The summed E-state index contributed by atoms with van der Waals surface area (Å²) in [5.74, 6) is 0.0815. The van der Waals surface area contributed by atoms with Crippen molar-refractivity contribution in [3.05, 3.63) is 62.1 Å². The van der Waals surface area contributed by atoms with E-state index in [0.29, 0.717) is 16.3 Å². The first-order chi connectivity index (χ1) is 9.49. The SMILES string of the molecule is O=[N+]([O-])c1ccc(NCc2c(O)cccc2Cl)cc1Cl. The molecule has 0 bridgehead atoms. The van der Waals surface area contributed by atoms with Crippen LogP contribution in [0, 0.1) is 10.1 Å². The average molecular weight is 313 g/mol. The number of hydrogen-bond acceptors (Lipinski definition) is 4. The number of aromatic hydroxyl groups is 1. The lowest BCUT2D eigenvalue weighted by Gasteiger charge is -2.10. The first kappa shape index (κ1) is 14.4. The van der Waals surface area contributed by atoms with Gasteiger partial charge in [-0.3, -0.25) is 10.1 Å². The maximum absolute atomic E-state index is 10.7. The van der Waals surface area contributed by atoms with Gasteiger partial charge in [0.15, 0.2) is 0 Å². The molecule has 0 aliphatic carbocycles. The second kappa shape index (κ2) is 5.98. The van der Waals surface area contributed by atoms with Crippen molar-refractivity contribution in [1.29, 1.82) is 0 Å². The van der Waals surface area contributed by atoms with Gasteiger partial charge in [-0.05, 0) is 24.3 Å². The van der Waals surface area contributed by atoms with Crippen LogP contribution in [0.1, 0.15) is 5.56 Å². The highest BCUT2D eigenvalue weighted by Gasteiger charge is 2.12. The fourth-order valence-electron chi connectivity index (χ4n) is 1.68. The summed E-state index contributed by atoms with van der Waals surface area (Å²) < 4.78 is 0. The Bertz CT molecular complexity index is 642. The topological polar surface area (TPSA) is 75.4 Å². The number of anilines is 1. The number of benzene rings is 2. The van der Waals surface area contributed by atoms with Crippen molar-refractivity contribution in [2.24, 2.45) is 0 Å². The van der Waals surface area contributed by atoms with Gasteiger partial charge in [-0.15, -0.1) is 0 Å². The number of phenols is 1. The first-order valence-corrected chi connectivity index (χ1v) is 6.39. The second-order valence-corrected chi connectivity index (χ2v) is 4.83. The quantitative estimate of drug-likeness (QED) is 0.654. The molecule has 0 atom stereocenters. The van der Waals surface area contributed by atoms with Gasteiger partial charge >= 0.3 is 0 Å². The van der Waals surface area contributed by atoms with Crippen LogP contribution in [0.25, 0.3) is 0 Å². The molecule has 20 heavy (non-hydrogen) atoms. The maximum Gasteiger partial charge on any atom is 0.288 e. The van der Waals surface area contributed by atoms with Gasteiger partial charge in [0.05, 0.1) is 4.92 Å². The summed E-state index contributed by atoms with van der Waals surface area (Å²) in [6, 6.07) is 9.15. The van der Waals surface area contributed by atoms with E-state index in [9.17, 15) is 15.2 Å². The summed E-state index contributed by atoms with van der Waals surface area (Å²) in [7, 11) is 0. The van der Waals surface area contributed by atoms with Crippen LogP contribution in [-0.2, 0) is 6.54 Å². The molecule has 104 valence electrons. The minimum atomic E-state index is -0.550. The van der Waals surface area contributed by atoms with E-state index >= 15 is 0 Å². The molecular weight excluding hydrogens is 303 g/mol. The Kier molecular flexibility index (Phi) is 4.32. The molecule has 0 saturated heterocycles. The molecule has 0 saturated carbocycles. The van der Waals surface area contributed by atoms with Crippen molar-refractivity contribution >= 4 is 34.6 Å². The predicted molar refractivity (Wildman–Crippen MR) is 78.5 cm³/mol. The van der Waals surface area contributed by atoms with Crippen molar-refractivity contribution in [2.45, 2.75) is 6.54 Å².